The minimum atomic E-state index is 0.555. The van der Waals surface area contributed by atoms with E-state index in [2.05, 4.69) is 42.8 Å². The maximum absolute atomic E-state index is 5.79. The average Bonchev–Trinajstić information content (AvgIpc) is 2.76. The molecule has 0 aliphatic rings. The Labute approximate surface area is 104 Å². The lowest BCUT2D eigenvalue weighted by Crippen LogP contribution is -2.08. The summed E-state index contributed by atoms with van der Waals surface area (Å²) >= 11 is 5.79. The molecule has 2 nitrogen and oxygen atoms in total. The van der Waals surface area contributed by atoms with E-state index in [1.54, 1.807) is 0 Å². The minimum Gasteiger partial charge on any atom is -0.269 e. The smallest absolute Gasteiger partial charge is 0.0624 e. The van der Waals surface area contributed by atoms with Gasteiger partial charge in [0.1, 0.15) is 0 Å². The number of rotatable bonds is 7. The van der Waals surface area contributed by atoms with Gasteiger partial charge in [0.05, 0.1) is 11.7 Å². The van der Waals surface area contributed by atoms with E-state index in [9.17, 15) is 0 Å². The summed E-state index contributed by atoms with van der Waals surface area (Å²) in [5.41, 5.74) is 1.20. The summed E-state index contributed by atoms with van der Waals surface area (Å²) in [4.78, 5) is 0. The molecule has 16 heavy (non-hydrogen) atoms. The zero-order valence-electron chi connectivity index (χ0n) is 10.6. The van der Waals surface area contributed by atoms with Crippen LogP contribution in [0.1, 0.15) is 51.8 Å². The van der Waals surface area contributed by atoms with E-state index in [1.165, 1.54) is 5.69 Å². The third-order valence-electron chi connectivity index (χ3n) is 3.14. The highest BCUT2D eigenvalue weighted by Gasteiger charge is 2.08. The lowest BCUT2D eigenvalue weighted by Gasteiger charge is -2.12. The largest absolute Gasteiger partial charge is 0.269 e. The summed E-state index contributed by atoms with van der Waals surface area (Å²) in [6, 6.07) is 2.69. The average molecular weight is 243 g/mol. The molecule has 0 aliphatic carbocycles. The maximum Gasteiger partial charge on any atom is 0.0624 e. The molecule has 92 valence electrons. The molecule has 0 aliphatic heterocycles. The van der Waals surface area contributed by atoms with Crippen molar-refractivity contribution < 1.29 is 0 Å². The van der Waals surface area contributed by atoms with Crippen LogP contribution < -0.4 is 0 Å². The second kappa shape index (κ2) is 6.95. The van der Waals surface area contributed by atoms with Crippen molar-refractivity contribution in [3.05, 3.63) is 18.0 Å². The van der Waals surface area contributed by atoms with E-state index in [1.807, 2.05) is 0 Å². The number of aromatic nitrogens is 2. The van der Waals surface area contributed by atoms with Gasteiger partial charge in [0, 0.05) is 12.1 Å². The molecule has 1 heterocycles. The van der Waals surface area contributed by atoms with Crippen molar-refractivity contribution in [3.8, 4) is 0 Å². The van der Waals surface area contributed by atoms with Gasteiger partial charge < -0.3 is 0 Å². The van der Waals surface area contributed by atoms with Crippen LogP contribution in [0.3, 0.4) is 0 Å². The van der Waals surface area contributed by atoms with Gasteiger partial charge in [-0.05, 0) is 37.7 Å². The van der Waals surface area contributed by atoms with Gasteiger partial charge in [0.2, 0.25) is 0 Å². The van der Waals surface area contributed by atoms with Gasteiger partial charge in [-0.25, -0.2) is 0 Å². The van der Waals surface area contributed by atoms with Crippen molar-refractivity contribution in [2.45, 2.75) is 52.5 Å². The van der Waals surface area contributed by atoms with Crippen LogP contribution in [0, 0.1) is 5.92 Å². The SMILES string of the molecule is CCC(CC)n1ccc(CCC(C)CCl)n1. The standard InChI is InChI=1S/C13H23ClN2/c1-4-13(5-2)16-9-8-12(15-16)7-6-11(3)10-14/h8-9,11,13H,4-7,10H2,1-3H3. The molecule has 0 saturated carbocycles. The number of hydrogen-bond donors (Lipinski definition) is 0. The van der Waals surface area contributed by atoms with E-state index < -0.39 is 0 Å². The first-order valence-corrected chi connectivity index (χ1v) is 6.84. The molecule has 1 rings (SSSR count). The zero-order valence-corrected chi connectivity index (χ0v) is 11.4. The Morgan fingerprint density at radius 1 is 1.38 bits per heavy atom. The Hall–Kier alpha value is -0.500. The first kappa shape index (κ1) is 13.6. The van der Waals surface area contributed by atoms with E-state index >= 15 is 0 Å². The van der Waals surface area contributed by atoms with Crippen LogP contribution >= 0.6 is 11.6 Å². The molecule has 0 saturated heterocycles. The molecule has 1 atom stereocenters. The van der Waals surface area contributed by atoms with Gasteiger partial charge >= 0.3 is 0 Å². The molecule has 0 amide bonds. The highest BCUT2D eigenvalue weighted by Crippen LogP contribution is 2.16. The van der Waals surface area contributed by atoms with Crippen LogP contribution in [0.15, 0.2) is 12.3 Å². The number of nitrogens with zero attached hydrogens (tertiary/aromatic N) is 2. The normalized spacial score (nSPS) is 13.3. The molecule has 1 aromatic rings. The summed E-state index contributed by atoms with van der Waals surface area (Å²) in [5, 5.41) is 4.63. The monoisotopic (exact) mass is 242 g/mol. The van der Waals surface area contributed by atoms with Gasteiger partial charge in [-0.15, -0.1) is 11.6 Å². The van der Waals surface area contributed by atoms with E-state index in [0.29, 0.717) is 12.0 Å². The molecule has 0 aromatic carbocycles. The highest BCUT2D eigenvalue weighted by molar-refractivity contribution is 6.18. The predicted molar refractivity (Wildman–Crippen MR) is 70.1 cm³/mol. The summed E-state index contributed by atoms with van der Waals surface area (Å²) in [7, 11) is 0. The van der Waals surface area contributed by atoms with E-state index in [-0.39, 0.29) is 0 Å². The van der Waals surface area contributed by atoms with Crippen LogP contribution in [0.25, 0.3) is 0 Å². The molecule has 0 fully saturated rings. The molecule has 0 spiro atoms. The van der Waals surface area contributed by atoms with Crippen molar-refractivity contribution in [2.75, 3.05) is 5.88 Å². The molecule has 0 radical (unpaired) electrons. The molecule has 3 heteroatoms. The fourth-order valence-corrected chi connectivity index (χ4v) is 2.00. The van der Waals surface area contributed by atoms with Crippen molar-refractivity contribution >= 4 is 11.6 Å². The lowest BCUT2D eigenvalue weighted by molar-refractivity contribution is 0.424. The van der Waals surface area contributed by atoms with Crippen molar-refractivity contribution in [1.29, 1.82) is 0 Å². The second-order valence-corrected chi connectivity index (χ2v) is 4.86. The van der Waals surface area contributed by atoms with Crippen LogP contribution in [0.4, 0.5) is 0 Å². The van der Waals surface area contributed by atoms with Crippen molar-refractivity contribution in [1.82, 2.24) is 9.78 Å². The van der Waals surface area contributed by atoms with Crippen molar-refractivity contribution in [2.24, 2.45) is 5.92 Å². The second-order valence-electron chi connectivity index (χ2n) is 4.56. The fourth-order valence-electron chi connectivity index (χ4n) is 1.85. The summed E-state index contributed by atoms with van der Waals surface area (Å²) in [6.45, 7) is 6.61. The summed E-state index contributed by atoms with van der Waals surface area (Å²) < 4.78 is 2.11. The van der Waals surface area contributed by atoms with Crippen molar-refractivity contribution in [3.63, 3.8) is 0 Å². The topological polar surface area (TPSA) is 17.8 Å². The van der Waals surface area contributed by atoms with Crippen LogP contribution in [0.5, 0.6) is 0 Å². The van der Waals surface area contributed by atoms with Gasteiger partial charge in [0.15, 0.2) is 0 Å². The Morgan fingerprint density at radius 2 is 2.06 bits per heavy atom. The molecule has 0 N–H and O–H groups in total. The highest BCUT2D eigenvalue weighted by atomic mass is 35.5. The third-order valence-corrected chi connectivity index (χ3v) is 3.66. The number of halogens is 1. The third kappa shape index (κ3) is 3.82. The molecular formula is C13H23ClN2. The van der Waals surface area contributed by atoms with Gasteiger partial charge in [-0.2, -0.15) is 5.10 Å². The van der Waals surface area contributed by atoms with Gasteiger partial charge in [0.25, 0.3) is 0 Å². The number of alkyl halides is 1. The van der Waals surface area contributed by atoms with Crippen LogP contribution in [0.2, 0.25) is 0 Å². The van der Waals surface area contributed by atoms with Crippen LogP contribution in [-0.4, -0.2) is 15.7 Å². The van der Waals surface area contributed by atoms with Gasteiger partial charge in [-0.3, -0.25) is 4.68 Å². The summed E-state index contributed by atoms with van der Waals surface area (Å²) in [5.74, 6) is 1.33. The Bertz CT molecular complexity index is 292. The molecule has 0 bridgehead atoms. The predicted octanol–water partition coefficient (Wildman–Crippen LogP) is 4.05. The van der Waals surface area contributed by atoms with E-state index in [0.717, 1.165) is 31.6 Å². The van der Waals surface area contributed by atoms with E-state index in [4.69, 9.17) is 11.6 Å². The lowest BCUT2D eigenvalue weighted by atomic mass is 10.1. The minimum absolute atomic E-state index is 0.555. The zero-order chi connectivity index (χ0) is 12.0. The number of hydrogen-bond acceptors (Lipinski definition) is 1. The maximum atomic E-state index is 5.79. The Kier molecular flexibility index (Phi) is 5.89. The summed E-state index contributed by atoms with van der Waals surface area (Å²) in [6.07, 6.45) is 6.58. The van der Waals surface area contributed by atoms with Crippen LogP contribution in [-0.2, 0) is 6.42 Å². The quantitative estimate of drug-likeness (QED) is 0.660. The number of aryl methyl sites for hydroxylation is 1. The Balaban J connectivity index is 2.51. The molecular weight excluding hydrogens is 220 g/mol. The Morgan fingerprint density at radius 3 is 2.62 bits per heavy atom. The first-order valence-electron chi connectivity index (χ1n) is 6.31. The fraction of sp³-hybridized carbons (Fsp3) is 0.769. The molecule has 1 aromatic heterocycles. The first-order chi connectivity index (χ1) is 7.71. The molecule has 1 unspecified atom stereocenters. The van der Waals surface area contributed by atoms with Gasteiger partial charge in [-0.1, -0.05) is 20.8 Å².